The van der Waals surface area contributed by atoms with Gasteiger partial charge in [0.15, 0.2) is 58.2 Å². The molecule has 0 aromatic rings. The van der Waals surface area contributed by atoms with E-state index in [2.05, 4.69) is 151 Å². The van der Waals surface area contributed by atoms with Gasteiger partial charge >= 0.3 is 25.9 Å². The molecule has 0 spiro atoms. The molecule has 6 N–H and O–H groups in total. The van der Waals surface area contributed by atoms with Crippen LogP contribution in [0.15, 0.2) is 0 Å². The Labute approximate surface area is 427 Å². The Balaban J connectivity index is -0.000000936. The van der Waals surface area contributed by atoms with E-state index in [4.69, 9.17) is 73.7 Å². The lowest BCUT2D eigenvalue weighted by Gasteiger charge is -2.43. The van der Waals surface area contributed by atoms with Crippen LogP contribution in [0.5, 0.6) is 0 Å². The predicted molar refractivity (Wildman–Crippen MR) is 305 cm³/mol. The molecule has 0 aliphatic carbocycles. The van der Waals surface area contributed by atoms with Gasteiger partial charge in [-0.15, -0.1) is 0 Å². The molecule has 0 unspecified atom stereocenters. The molecule has 0 fully saturated rings. The van der Waals surface area contributed by atoms with E-state index >= 15 is 0 Å². The normalized spacial score (nSPS) is 14.1. The van der Waals surface area contributed by atoms with E-state index in [1.807, 2.05) is 0 Å². The molecule has 0 aromatic carbocycles. The molecule has 0 aromatic heterocycles. The topological polar surface area (TPSA) is 214 Å². The van der Waals surface area contributed by atoms with Crippen molar-refractivity contribution in [1.29, 1.82) is 0 Å². The molecule has 0 rings (SSSR count). The van der Waals surface area contributed by atoms with Crippen molar-refractivity contribution < 1.29 is 73.7 Å². The van der Waals surface area contributed by atoms with Gasteiger partial charge in [-0.05, 0) is 182 Å². The first kappa shape index (κ1) is 73.8. The van der Waals surface area contributed by atoms with Crippen LogP contribution in [0.1, 0.15) is 19.3 Å². The van der Waals surface area contributed by atoms with Gasteiger partial charge in [-0.2, -0.15) is 0 Å². The number of hydrogen-bond donors (Lipinski definition) is 6. The smallest absolute Gasteiger partial charge is 0.437 e. The number of ether oxygens (including phenoxy) is 3. The van der Waals surface area contributed by atoms with Gasteiger partial charge in [0.2, 0.25) is 0 Å². The van der Waals surface area contributed by atoms with E-state index < -0.39 is 96.4 Å². The molecule has 0 radical (unpaired) electrons. The maximum Gasteiger partial charge on any atom is 0.469 e. The van der Waals surface area contributed by atoms with Crippen LogP contribution in [0.25, 0.3) is 0 Å². The first-order valence-corrected chi connectivity index (χ1v) is 55.6. The predicted octanol–water partition coefficient (Wildman–Crippen LogP) is 8.53. The summed E-state index contributed by atoms with van der Waals surface area (Å²) in [7, 11) is -19.3. The summed E-state index contributed by atoms with van der Waals surface area (Å²) in [6.45, 7) is 51.4. The fourth-order valence-corrected chi connectivity index (χ4v) is 46.5. The average Bonchev–Trinajstić information content (AvgIpc) is 3.08. The van der Waals surface area contributed by atoms with Crippen molar-refractivity contribution in [2.75, 3.05) is 66.1 Å². The summed E-state index contributed by atoms with van der Waals surface area (Å²) in [5.41, 5.74) is 0. The molecule has 0 atom stereocenters. The van der Waals surface area contributed by atoms with Crippen LogP contribution in [0.3, 0.4) is 0 Å². The highest BCUT2D eigenvalue weighted by molar-refractivity contribution is 6.90. The molecule has 0 aliphatic rings. The van der Waals surface area contributed by atoms with Crippen LogP contribution in [0, 0.1) is 5.92 Å². The van der Waals surface area contributed by atoms with Gasteiger partial charge in [0.25, 0.3) is 0 Å². The lowest BCUT2D eigenvalue weighted by molar-refractivity contribution is -0.0198. The molecular formula is C42H110O16Si10. The van der Waals surface area contributed by atoms with Crippen molar-refractivity contribution in [2.24, 2.45) is 5.92 Å². The van der Waals surface area contributed by atoms with Crippen LogP contribution in [0.4, 0.5) is 0 Å². The minimum atomic E-state index is -2.81. The first-order chi connectivity index (χ1) is 30.4. The van der Waals surface area contributed by atoms with Crippen molar-refractivity contribution in [2.45, 2.75) is 200 Å². The number of rotatable bonds is 36. The summed E-state index contributed by atoms with van der Waals surface area (Å²) in [6.07, 6.45) is 1.44. The molecule has 16 nitrogen and oxygen atoms in total. The van der Waals surface area contributed by atoms with Gasteiger partial charge in [-0.1, -0.05) is 0 Å². The fourth-order valence-electron chi connectivity index (χ4n) is 6.87. The SMILES string of the molecule is C[Si](C)(C)O[Si](C)(CCCOC(CO)CO)O[Si](C)(C)C.C[Si](C)(C)O[Si](C)(CCCOCC(CO)CO)O[Si](C)(C)C.C[Si](C)(C)O[Si](CCCOC(CO)CO)(O[Si](C)(C)C)O[Si](C)(C)C. The Bertz CT molecular complexity index is 1180. The zero-order chi connectivity index (χ0) is 54.1. The second-order valence-corrected chi connectivity index (χ2v) is 67.5. The molecule has 0 heterocycles. The third-order valence-corrected chi connectivity index (χ3v) is 39.5. The fraction of sp³-hybridized carbons (Fsp3) is 1.00. The van der Waals surface area contributed by atoms with E-state index in [1.54, 1.807) is 0 Å². The van der Waals surface area contributed by atoms with Crippen molar-refractivity contribution in [3.63, 3.8) is 0 Å². The zero-order valence-electron chi connectivity index (χ0n) is 47.8. The minimum absolute atomic E-state index is 0.0412. The van der Waals surface area contributed by atoms with Crippen molar-refractivity contribution >= 4 is 84.1 Å². The van der Waals surface area contributed by atoms with Gasteiger partial charge in [-0.25, -0.2) is 0 Å². The summed E-state index contributed by atoms with van der Waals surface area (Å²) in [4.78, 5) is 0. The second-order valence-electron chi connectivity index (χ2n) is 24.8. The Hall–Kier alpha value is 1.53. The molecule has 0 bridgehead atoms. The van der Waals surface area contributed by atoms with Crippen molar-refractivity contribution in [3.8, 4) is 0 Å². The van der Waals surface area contributed by atoms with Gasteiger partial charge < -0.3 is 73.7 Å². The average molecular weight is 1150 g/mol. The number of aliphatic hydroxyl groups excluding tert-OH is 6. The minimum Gasteiger partial charge on any atom is -0.437 e. The molecule has 0 saturated heterocycles. The quantitative estimate of drug-likeness (QED) is 0.0256. The first-order valence-electron chi connectivity index (χ1n) is 24.8. The summed E-state index contributed by atoms with van der Waals surface area (Å²) in [6, 6.07) is 2.50. The second kappa shape index (κ2) is 33.5. The van der Waals surface area contributed by atoms with Crippen molar-refractivity contribution in [1.82, 2.24) is 0 Å². The summed E-state index contributed by atoms with van der Waals surface area (Å²) >= 11 is 0. The molecule has 0 amide bonds. The van der Waals surface area contributed by atoms with Gasteiger partial charge in [0, 0.05) is 31.8 Å². The molecular weight excluding hydrogens is 1040 g/mol. The Morgan fingerprint density at radius 2 is 0.559 bits per heavy atom. The molecule has 26 heteroatoms. The number of aliphatic hydroxyl groups is 6. The van der Waals surface area contributed by atoms with Gasteiger partial charge in [0.05, 0.1) is 46.2 Å². The van der Waals surface area contributed by atoms with Crippen LogP contribution in [-0.4, -0.2) is 193 Å². The summed E-state index contributed by atoms with van der Waals surface area (Å²) in [5.74, 6) is -0.180. The van der Waals surface area contributed by atoms with E-state index in [0.717, 1.165) is 31.4 Å². The highest BCUT2D eigenvalue weighted by Gasteiger charge is 2.49. The highest BCUT2D eigenvalue weighted by Crippen LogP contribution is 2.31. The summed E-state index contributed by atoms with van der Waals surface area (Å²) in [5, 5.41) is 54.2. The van der Waals surface area contributed by atoms with E-state index in [1.165, 1.54) is 0 Å². The third kappa shape index (κ3) is 46.1. The standard InChI is InChI=1S/C15H40O6Si4.C14H36O5Si3.C13H34O5Si3/c1-22(2,3)19-25(20-23(4,5)6,21-24(7,8)9)12-10-11-18-15(13-16)14-17;1-20(2,3)18-22(7,19-21(4,5)6)10-8-9-17-13-14(11-15)12-16;1-19(2,3)17-21(7,18-20(4,5)6)10-8-9-16-13(11-14)12-15/h15-17H,10-14H2,1-9H3;14-16H,8-13H2,1-7H3;13-15H,8-12H2,1-7H3. The van der Waals surface area contributed by atoms with E-state index in [9.17, 15) is 0 Å². The van der Waals surface area contributed by atoms with Gasteiger partial charge in [0.1, 0.15) is 12.2 Å². The van der Waals surface area contributed by atoms with Gasteiger partial charge in [-0.3, -0.25) is 0 Å². The Kier molecular flexibility index (Phi) is 36.4. The lowest BCUT2D eigenvalue weighted by Crippen LogP contribution is -2.60. The molecule has 68 heavy (non-hydrogen) atoms. The van der Waals surface area contributed by atoms with E-state index in [0.29, 0.717) is 32.5 Å². The van der Waals surface area contributed by atoms with Crippen molar-refractivity contribution in [3.05, 3.63) is 0 Å². The third-order valence-electron chi connectivity index (χ3n) is 8.19. The molecule has 0 saturated carbocycles. The largest absolute Gasteiger partial charge is 0.469 e. The maximum atomic E-state index is 9.11. The lowest BCUT2D eigenvalue weighted by atomic mass is 10.2. The van der Waals surface area contributed by atoms with Crippen LogP contribution in [0.2, 0.25) is 169 Å². The summed E-state index contributed by atoms with van der Waals surface area (Å²) < 4.78 is 61.9. The molecule has 414 valence electrons. The van der Waals surface area contributed by atoms with Crippen LogP contribution < -0.4 is 0 Å². The van der Waals surface area contributed by atoms with E-state index in [-0.39, 0.29) is 45.6 Å². The zero-order valence-corrected chi connectivity index (χ0v) is 57.8. The number of hydrogen-bond acceptors (Lipinski definition) is 16. The Morgan fingerprint density at radius 3 is 0.794 bits per heavy atom. The Morgan fingerprint density at radius 1 is 0.309 bits per heavy atom. The van der Waals surface area contributed by atoms with Crippen LogP contribution in [-0.2, 0) is 43.0 Å². The maximum absolute atomic E-state index is 9.11. The van der Waals surface area contributed by atoms with Crippen LogP contribution >= 0.6 is 0 Å². The highest BCUT2D eigenvalue weighted by atomic mass is 28.5. The molecule has 0 aliphatic heterocycles. The monoisotopic (exact) mass is 1150 g/mol.